The summed E-state index contributed by atoms with van der Waals surface area (Å²) >= 11 is 6.41. The van der Waals surface area contributed by atoms with E-state index >= 15 is 0 Å². The highest BCUT2D eigenvalue weighted by atomic mass is 35.5. The first-order valence-corrected chi connectivity index (χ1v) is 7.68. The average Bonchev–Trinajstić information content (AvgIpc) is 2.90. The van der Waals surface area contributed by atoms with E-state index in [0.29, 0.717) is 11.8 Å². The Morgan fingerprint density at radius 2 is 1.87 bits per heavy atom. The molecule has 6 heteroatoms. The van der Waals surface area contributed by atoms with Crippen LogP contribution in [0.25, 0.3) is 16.6 Å². The lowest BCUT2D eigenvalue weighted by molar-refractivity contribution is 0.310. The fourth-order valence-electron chi connectivity index (χ4n) is 2.29. The third-order valence-electron chi connectivity index (χ3n) is 3.44. The van der Waals surface area contributed by atoms with E-state index in [1.54, 1.807) is 4.68 Å². The van der Waals surface area contributed by atoms with Crippen LogP contribution in [0.15, 0.2) is 48.5 Å². The van der Waals surface area contributed by atoms with Gasteiger partial charge in [0.2, 0.25) is 0 Å². The van der Waals surface area contributed by atoms with Gasteiger partial charge in [0, 0.05) is 5.39 Å². The molecule has 0 fully saturated rings. The minimum Gasteiger partial charge on any atom is -0.494 e. The molecule has 0 bridgehead atoms. The Hall–Kier alpha value is -1.75. The second kappa shape index (κ2) is 8.20. The van der Waals surface area contributed by atoms with E-state index < -0.39 is 0 Å². The summed E-state index contributed by atoms with van der Waals surface area (Å²) in [6, 6.07) is 15.7. The molecule has 0 aliphatic heterocycles. The molecule has 0 unspecified atom stereocenters. The summed E-state index contributed by atoms with van der Waals surface area (Å²) in [5.74, 6) is 0.854. The number of hydrogen-bond acceptors (Lipinski definition) is 3. The number of rotatable bonds is 6. The van der Waals surface area contributed by atoms with E-state index in [2.05, 4.69) is 10.4 Å². The molecular formula is C17H19Cl2N3O. The lowest BCUT2D eigenvalue weighted by Crippen LogP contribution is -2.11. The van der Waals surface area contributed by atoms with Crippen molar-refractivity contribution in [3.8, 4) is 11.4 Å². The highest BCUT2D eigenvalue weighted by molar-refractivity contribution is 6.34. The van der Waals surface area contributed by atoms with Crippen LogP contribution in [-0.4, -0.2) is 30.0 Å². The summed E-state index contributed by atoms with van der Waals surface area (Å²) in [6.45, 7) is 1.65. The molecule has 0 atom stereocenters. The molecule has 0 spiro atoms. The summed E-state index contributed by atoms with van der Waals surface area (Å²) in [5, 5.41) is 9.21. The van der Waals surface area contributed by atoms with Gasteiger partial charge in [-0.05, 0) is 56.4 Å². The second-order valence-electron chi connectivity index (χ2n) is 5.02. The van der Waals surface area contributed by atoms with Gasteiger partial charge in [0.25, 0.3) is 0 Å². The van der Waals surface area contributed by atoms with Crippen LogP contribution in [-0.2, 0) is 0 Å². The number of halogens is 2. The Labute approximate surface area is 146 Å². The van der Waals surface area contributed by atoms with Gasteiger partial charge in [-0.25, -0.2) is 4.68 Å². The third-order valence-corrected chi connectivity index (χ3v) is 3.80. The predicted molar refractivity (Wildman–Crippen MR) is 97.4 cm³/mol. The summed E-state index contributed by atoms with van der Waals surface area (Å²) < 4.78 is 7.43. The van der Waals surface area contributed by atoms with Gasteiger partial charge in [0.1, 0.15) is 10.9 Å². The largest absolute Gasteiger partial charge is 0.494 e. The van der Waals surface area contributed by atoms with Crippen LogP contribution < -0.4 is 10.1 Å². The molecule has 4 nitrogen and oxygen atoms in total. The van der Waals surface area contributed by atoms with Gasteiger partial charge in [-0.2, -0.15) is 5.10 Å². The maximum Gasteiger partial charge on any atom is 0.140 e. The Bertz CT molecular complexity index is 756. The topological polar surface area (TPSA) is 39.1 Å². The number of fused-ring (bicyclic) bond motifs is 1. The fourth-order valence-corrected chi connectivity index (χ4v) is 2.59. The number of hydrogen-bond donors (Lipinski definition) is 1. The molecule has 2 aromatic carbocycles. The van der Waals surface area contributed by atoms with Crippen LogP contribution in [0.5, 0.6) is 5.75 Å². The molecule has 0 saturated heterocycles. The summed E-state index contributed by atoms with van der Waals surface area (Å²) in [4.78, 5) is 0. The van der Waals surface area contributed by atoms with Crippen LogP contribution in [0, 0.1) is 0 Å². The van der Waals surface area contributed by atoms with Crippen LogP contribution >= 0.6 is 24.0 Å². The first-order valence-electron chi connectivity index (χ1n) is 7.30. The Kier molecular flexibility index (Phi) is 6.28. The molecule has 23 heavy (non-hydrogen) atoms. The van der Waals surface area contributed by atoms with Crippen molar-refractivity contribution >= 4 is 34.9 Å². The van der Waals surface area contributed by atoms with Crippen molar-refractivity contribution in [2.45, 2.75) is 6.42 Å². The second-order valence-corrected chi connectivity index (χ2v) is 5.38. The van der Waals surface area contributed by atoms with E-state index in [9.17, 15) is 0 Å². The fraction of sp³-hybridized carbons (Fsp3) is 0.235. The molecule has 0 aliphatic rings. The quantitative estimate of drug-likeness (QED) is 0.679. The zero-order valence-corrected chi connectivity index (χ0v) is 14.4. The molecule has 3 aromatic rings. The normalized spacial score (nSPS) is 10.5. The van der Waals surface area contributed by atoms with Crippen LogP contribution in [0.2, 0.25) is 5.15 Å². The third kappa shape index (κ3) is 3.96. The molecule has 1 heterocycles. The minimum atomic E-state index is 0. The maximum atomic E-state index is 6.41. The summed E-state index contributed by atoms with van der Waals surface area (Å²) in [6.07, 6.45) is 0.981. The van der Waals surface area contributed by atoms with E-state index in [1.807, 2.05) is 55.6 Å². The van der Waals surface area contributed by atoms with Crippen molar-refractivity contribution in [3.63, 3.8) is 0 Å². The summed E-state index contributed by atoms with van der Waals surface area (Å²) in [5.41, 5.74) is 1.81. The molecule has 0 amide bonds. The van der Waals surface area contributed by atoms with Crippen molar-refractivity contribution in [1.29, 1.82) is 0 Å². The highest BCUT2D eigenvalue weighted by Crippen LogP contribution is 2.26. The monoisotopic (exact) mass is 351 g/mol. The molecule has 1 aromatic heterocycles. The molecule has 1 N–H and O–H groups in total. The van der Waals surface area contributed by atoms with Crippen LogP contribution in [0.1, 0.15) is 6.42 Å². The standard InChI is InChI=1S/C17H18ClN3O.ClH/c1-19-11-4-12-22-14-9-7-13(8-10-14)21-17(18)15-5-2-3-6-16(15)20-21;/h2-3,5-10,19H,4,11-12H2,1H3;1H. The first kappa shape index (κ1) is 17.6. The van der Waals surface area contributed by atoms with Gasteiger partial charge in [-0.15, -0.1) is 12.4 Å². The molecule has 3 rings (SSSR count). The minimum absolute atomic E-state index is 0. The molecule has 122 valence electrons. The number of aromatic nitrogens is 2. The number of ether oxygens (including phenoxy) is 1. The lowest BCUT2D eigenvalue weighted by atomic mass is 10.2. The molecular weight excluding hydrogens is 333 g/mol. The zero-order valence-electron chi connectivity index (χ0n) is 12.8. The summed E-state index contributed by atoms with van der Waals surface area (Å²) in [7, 11) is 1.94. The molecule has 0 radical (unpaired) electrons. The van der Waals surface area contributed by atoms with Crippen molar-refractivity contribution in [1.82, 2.24) is 15.1 Å². The zero-order chi connectivity index (χ0) is 15.4. The maximum absolute atomic E-state index is 6.41. The average molecular weight is 352 g/mol. The van der Waals surface area contributed by atoms with Gasteiger partial charge in [0.15, 0.2) is 0 Å². The van der Waals surface area contributed by atoms with E-state index in [0.717, 1.165) is 35.3 Å². The number of nitrogens with one attached hydrogen (secondary N) is 1. The first-order chi connectivity index (χ1) is 10.8. The number of nitrogens with zero attached hydrogens (tertiary/aromatic N) is 2. The highest BCUT2D eigenvalue weighted by Gasteiger charge is 2.09. The Morgan fingerprint density at radius 1 is 1.13 bits per heavy atom. The van der Waals surface area contributed by atoms with Gasteiger partial charge >= 0.3 is 0 Å². The van der Waals surface area contributed by atoms with Crippen molar-refractivity contribution in [3.05, 3.63) is 53.7 Å². The predicted octanol–water partition coefficient (Wildman–Crippen LogP) is 4.09. The van der Waals surface area contributed by atoms with Crippen molar-refractivity contribution in [2.24, 2.45) is 0 Å². The smallest absolute Gasteiger partial charge is 0.140 e. The van der Waals surface area contributed by atoms with Crippen molar-refractivity contribution < 1.29 is 4.74 Å². The Morgan fingerprint density at radius 3 is 2.57 bits per heavy atom. The van der Waals surface area contributed by atoms with Gasteiger partial charge in [-0.3, -0.25) is 0 Å². The van der Waals surface area contributed by atoms with Crippen molar-refractivity contribution in [2.75, 3.05) is 20.2 Å². The molecule has 0 aliphatic carbocycles. The lowest BCUT2D eigenvalue weighted by Gasteiger charge is -2.07. The van der Waals surface area contributed by atoms with Gasteiger partial charge < -0.3 is 10.1 Å². The van der Waals surface area contributed by atoms with Crippen LogP contribution in [0.3, 0.4) is 0 Å². The van der Waals surface area contributed by atoms with E-state index in [-0.39, 0.29) is 12.4 Å². The van der Waals surface area contributed by atoms with Gasteiger partial charge in [-0.1, -0.05) is 23.7 Å². The van der Waals surface area contributed by atoms with Crippen LogP contribution in [0.4, 0.5) is 0 Å². The van der Waals surface area contributed by atoms with Gasteiger partial charge in [0.05, 0.1) is 17.8 Å². The Balaban J connectivity index is 0.00000192. The number of benzene rings is 2. The van der Waals surface area contributed by atoms with E-state index in [4.69, 9.17) is 16.3 Å². The van der Waals surface area contributed by atoms with E-state index in [1.165, 1.54) is 0 Å². The molecule has 0 saturated carbocycles. The SMILES string of the molecule is CNCCCOc1ccc(-n2nc3ccccc3c2Cl)cc1.Cl.